The van der Waals surface area contributed by atoms with Crippen molar-refractivity contribution in [1.82, 2.24) is 0 Å². The fraction of sp³-hybridized carbons (Fsp3) is 0.368. The monoisotopic (exact) mass is 350 g/mol. The molecule has 1 saturated heterocycles. The Morgan fingerprint density at radius 1 is 1.21 bits per heavy atom. The molecular weight excluding hydrogens is 331 g/mol. The smallest absolute Gasteiger partial charge is 0.137 e. The molecule has 1 aliphatic rings. The summed E-state index contributed by atoms with van der Waals surface area (Å²) in [6.45, 7) is 3.08. The third-order valence-electron chi connectivity index (χ3n) is 4.16. The molecule has 1 N–H and O–H groups in total. The number of ether oxygens (including phenoxy) is 2. The molecule has 1 fully saturated rings. The molecule has 0 atom stereocenters. The maximum atomic E-state index is 14.3. The van der Waals surface area contributed by atoms with Gasteiger partial charge in [-0.3, -0.25) is 0 Å². The molecule has 0 aliphatic carbocycles. The molecule has 0 saturated carbocycles. The summed E-state index contributed by atoms with van der Waals surface area (Å²) in [5.74, 6) is 0.240. The van der Waals surface area contributed by atoms with Gasteiger partial charge in [-0.1, -0.05) is 31.0 Å². The van der Waals surface area contributed by atoms with E-state index < -0.39 is 11.4 Å². The highest BCUT2D eigenvalue weighted by Gasteiger charge is 2.40. The zero-order valence-electron chi connectivity index (χ0n) is 13.5. The summed E-state index contributed by atoms with van der Waals surface area (Å²) in [5, 5.41) is 11.1. The number of benzene rings is 2. The van der Waals surface area contributed by atoms with Crippen LogP contribution in [0.2, 0.25) is 5.02 Å². The van der Waals surface area contributed by atoms with Gasteiger partial charge in [-0.25, -0.2) is 4.39 Å². The minimum atomic E-state index is -1.12. The lowest BCUT2D eigenvalue weighted by Gasteiger charge is -2.38. The highest BCUT2D eigenvalue weighted by atomic mass is 35.5. The molecule has 2 aromatic carbocycles. The van der Waals surface area contributed by atoms with Crippen molar-refractivity contribution in [1.29, 1.82) is 0 Å². The topological polar surface area (TPSA) is 38.7 Å². The zero-order chi connectivity index (χ0) is 17.2. The molecule has 5 heteroatoms. The van der Waals surface area contributed by atoms with Crippen molar-refractivity contribution < 1.29 is 19.0 Å². The average Bonchev–Trinajstić information content (AvgIpc) is 2.53. The minimum absolute atomic E-state index is 0.188. The van der Waals surface area contributed by atoms with Crippen LogP contribution in [0.25, 0.3) is 11.1 Å². The lowest BCUT2D eigenvalue weighted by molar-refractivity contribution is -0.184. The van der Waals surface area contributed by atoms with Crippen LogP contribution in [0.4, 0.5) is 4.39 Å². The standard InChI is InChI=1S/C19H20ClFO3/c1-2-3-8-24-14-5-7-15(16-6-4-13(20)9-18(16)21)17(10-14)19(22)11-23-12-19/h4-7,9-10,22H,2-3,8,11-12H2,1H3. The van der Waals surface area contributed by atoms with Crippen molar-refractivity contribution in [3.8, 4) is 16.9 Å². The molecule has 0 unspecified atom stereocenters. The first kappa shape index (κ1) is 17.2. The molecule has 24 heavy (non-hydrogen) atoms. The van der Waals surface area contributed by atoms with E-state index in [1.54, 1.807) is 30.3 Å². The van der Waals surface area contributed by atoms with Crippen molar-refractivity contribution >= 4 is 11.6 Å². The Labute approximate surface area is 146 Å². The van der Waals surface area contributed by atoms with Gasteiger partial charge in [0.15, 0.2) is 0 Å². The van der Waals surface area contributed by atoms with E-state index in [1.807, 2.05) is 0 Å². The van der Waals surface area contributed by atoms with Gasteiger partial charge in [0.1, 0.15) is 17.2 Å². The van der Waals surface area contributed by atoms with Crippen LogP contribution >= 0.6 is 11.6 Å². The quantitative estimate of drug-likeness (QED) is 0.777. The van der Waals surface area contributed by atoms with E-state index in [1.165, 1.54) is 6.07 Å². The number of aliphatic hydroxyl groups is 1. The summed E-state index contributed by atoms with van der Waals surface area (Å²) >= 11 is 5.84. The molecular formula is C19H20ClFO3. The average molecular weight is 351 g/mol. The van der Waals surface area contributed by atoms with E-state index in [4.69, 9.17) is 21.1 Å². The molecule has 128 valence electrons. The van der Waals surface area contributed by atoms with Gasteiger partial charge < -0.3 is 14.6 Å². The largest absolute Gasteiger partial charge is 0.494 e. The number of hydrogen-bond acceptors (Lipinski definition) is 3. The van der Waals surface area contributed by atoms with Gasteiger partial charge in [-0.2, -0.15) is 0 Å². The molecule has 3 nitrogen and oxygen atoms in total. The van der Waals surface area contributed by atoms with Crippen LogP contribution in [0.1, 0.15) is 25.3 Å². The second kappa shape index (κ2) is 7.09. The Morgan fingerprint density at radius 3 is 2.58 bits per heavy atom. The predicted molar refractivity (Wildman–Crippen MR) is 92.0 cm³/mol. The summed E-state index contributed by atoms with van der Waals surface area (Å²) in [5.41, 5.74) is 0.516. The van der Waals surface area contributed by atoms with E-state index in [-0.39, 0.29) is 13.2 Å². The fourth-order valence-corrected chi connectivity index (χ4v) is 2.88. The van der Waals surface area contributed by atoms with Gasteiger partial charge in [-0.15, -0.1) is 0 Å². The molecule has 0 amide bonds. The highest BCUT2D eigenvalue weighted by molar-refractivity contribution is 6.30. The second-order valence-electron chi connectivity index (χ2n) is 6.06. The highest BCUT2D eigenvalue weighted by Crippen LogP contribution is 2.39. The number of unbranched alkanes of at least 4 members (excludes halogenated alkanes) is 1. The minimum Gasteiger partial charge on any atom is -0.494 e. The first-order chi connectivity index (χ1) is 11.5. The third-order valence-corrected chi connectivity index (χ3v) is 4.40. The van der Waals surface area contributed by atoms with Gasteiger partial charge in [-0.05, 0) is 47.9 Å². The van der Waals surface area contributed by atoms with E-state index in [0.29, 0.717) is 34.1 Å². The van der Waals surface area contributed by atoms with Gasteiger partial charge >= 0.3 is 0 Å². The molecule has 0 radical (unpaired) electrons. The number of hydrogen-bond donors (Lipinski definition) is 1. The Balaban J connectivity index is 2.01. The van der Waals surface area contributed by atoms with E-state index in [9.17, 15) is 9.50 Å². The molecule has 0 spiro atoms. The van der Waals surface area contributed by atoms with E-state index in [2.05, 4.69) is 6.92 Å². The lowest BCUT2D eigenvalue weighted by Crippen LogP contribution is -2.46. The lowest BCUT2D eigenvalue weighted by atomic mass is 9.85. The normalized spacial score (nSPS) is 15.8. The predicted octanol–water partition coefficient (Wildman–Crippen LogP) is 4.54. The van der Waals surface area contributed by atoms with Crippen molar-refractivity contribution in [3.63, 3.8) is 0 Å². The maximum Gasteiger partial charge on any atom is 0.137 e. The van der Waals surface area contributed by atoms with Crippen molar-refractivity contribution in [2.75, 3.05) is 19.8 Å². The summed E-state index contributed by atoms with van der Waals surface area (Å²) < 4.78 is 25.2. The van der Waals surface area contributed by atoms with Crippen molar-refractivity contribution in [2.45, 2.75) is 25.4 Å². The molecule has 0 bridgehead atoms. The van der Waals surface area contributed by atoms with Crippen LogP contribution < -0.4 is 4.74 Å². The van der Waals surface area contributed by atoms with Crippen LogP contribution in [0.5, 0.6) is 5.75 Å². The number of rotatable bonds is 6. The SMILES string of the molecule is CCCCOc1ccc(-c2ccc(Cl)cc2F)c(C2(O)COC2)c1. The summed E-state index contributed by atoms with van der Waals surface area (Å²) in [4.78, 5) is 0. The van der Waals surface area contributed by atoms with Gasteiger partial charge in [0.05, 0.1) is 19.8 Å². The summed E-state index contributed by atoms with van der Waals surface area (Å²) in [7, 11) is 0. The van der Waals surface area contributed by atoms with Crippen LogP contribution in [0, 0.1) is 5.82 Å². The van der Waals surface area contributed by atoms with Crippen LogP contribution in [-0.4, -0.2) is 24.9 Å². The van der Waals surface area contributed by atoms with Gasteiger partial charge in [0, 0.05) is 10.6 Å². The number of halogens is 2. The first-order valence-corrected chi connectivity index (χ1v) is 8.44. The van der Waals surface area contributed by atoms with Crippen LogP contribution in [0.15, 0.2) is 36.4 Å². The second-order valence-corrected chi connectivity index (χ2v) is 6.49. The molecule has 1 aliphatic heterocycles. The van der Waals surface area contributed by atoms with Crippen molar-refractivity contribution in [2.24, 2.45) is 0 Å². The van der Waals surface area contributed by atoms with E-state index in [0.717, 1.165) is 12.8 Å². The molecule has 3 rings (SSSR count). The Hall–Kier alpha value is -1.62. The van der Waals surface area contributed by atoms with Crippen molar-refractivity contribution in [3.05, 3.63) is 52.8 Å². The fourth-order valence-electron chi connectivity index (χ4n) is 2.73. The van der Waals surface area contributed by atoms with E-state index >= 15 is 0 Å². The zero-order valence-corrected chi connectivity index (χ0v) is 14.3. The first-order valence-electron chi connectivity index (χ1n) is 8.06. The van der Waals surface area contributed by atoms with Gasteiger partial charge in [0.25, 0.3) is 0 Å². The third kappa shape index (κ3) is 3.41. The Kier molecular flexibility index (Phi) is 5.09. The molecule has 2 aromatic rings. The van der Waals surface area contributed by atoms with Crippen LogP contribution in [-0.2, 0) is 10.3 Å². The Morgan fingerprint density at radius 2 is 1.96 bits per heavy atom. The Bertz CT molecular complexity index is 729. The molecule has 1 heterocycles. The molecule has 0 aromatic heterocycles. The maximum absolute atomic E-state index is 14.3. The summed E-state index contributed by atoms with van der Waals surface area (Å²) in [6.07, 6.45) is 2.00. The summed E-state index contributed by atoms with van der Waals surface area (Å²) in [6, 6.07) is 9.88. The van der Waals surface area contributed by atoms with Crippen LogP contribution in [0.3, 0.4) is 0 Å². The van der Waals surface area contributed by atoms with Gasteiger partial charge in [0.2, 0.25) is 0 Å².